The summed E-state index contributed by atoms with van der Waals surface area (Å²) in [6, 6.07) is 0. The van der Waals surface area contributed by atoms with Gasteiger partial charge in [-0.2, -0.15) is 0 Å². The molecule has 4 nitrogen and oxygen atoms in total. The monoisotopic (exact) mass is 262 g/mol. The zero-order valence-electron chi connectivity index (χ0n) is 12.1. The highest BCUT2D eigenvalue weighted by atomic mass is 16.3. The van der Waals surface area contributed by atoms with Crippen LogP contribution < -0.4 is 5.32 Å². The molecule has 0 aliphatic carbocycles. The summed E-state index contributed by atoms with van der Waals surface area (Å²) in [5, 5.41) is 2.80. The topological polar surface area (TPSA) is 55.1 Å². The molecule has 1 aromatic heterocycles. The van der Waals surface area contributed by atoms with Crippen molar-refractivity contribution in [1.29, 1.82) is 0 Å². The van der Waals surface area contributed by atoms with Crippen molar-refractivity contribution in [3.05, 3.63) is 41.1 Å². The Labute approximate surface area is 114 Å². The molecule has 19 heavy (non-hydrogen) atoms. The number of amides is 1. The number of aryl methyl sites for hydroxylation is 1. The molecule has 0 spiro atoms. The van der Waals surface area contributed by atoms with Gasteiger partial charge in [-0.1, -0.05) is 23.3 Å². The molecule has 0 fully saturated rings. The maximum Gasteiger partial charge on any atom is 0.273 e. The first kappa shape index (κ1) is 15.2. The first-order valence-corrected chi connectivity index (χ1v) is 6.48. The number of carbonyl (C=O) groups excluding carboxylic acids is 1. The second kappa shape index (κ2) is 7.56. The average Bonchev–Trinajstić information content (AvgIpc) is 2.75. The molecular formula is C15H22N2O2. The largest absolute Gasteiger partial charge is 0.448 e. The third-order valence-electron chi connectivity index (χ3n) is 2.76. The maximum atomic E-state index is 11.7. The van der Waals surface area contributed by atoms with E-state index in [-0.39, 0.29) is 5.91 Å². The second-order valence-electron chi connectivity index (χ2n) is 4.84. The van der Waals surface area contributed by atoms with Gasteiger partial charge in [-0.3, -0.25) is 4.79 Å². The first-order chi connectivity index (χ1) is 9.00. The molecular weight excluding hydrogens is 240 g/mol. The Hall–Kier alpha value is -1.84. The third kappa shape index (κ3) is 5.55. The lowest BCUT2D eigenvalue weighted by Crippen LogP contribution is -2.24. The Balaban J connectivity index is 2.35. The third-order valence-corrected chi connectivity index (χ3v) is 2.76. The van der Waals surface area contributed by atoms with Crippen LogP contribution in [0.1, 0.15) is 49.9 Å². The van der Waals surface area contributed by atoms with Crippen molar-refractivity contribution >= 4 is 5.91 Å². The number of hydrogen-bond acceptors (Lipinski definition) is 3. The van der Waals surface area contributed by atoms with Crippen LogP contribution in [0.3, 0.4) is 0 Å². The van der Waals surface area contributed by atoms with Crippen LogP contribution in [0.25, 0.3) is 0 Å². The zero-order valence-corrected chi connectivity index (χ0v) is 12.1. The fraction of sp³-hybridized carbons (Fsp3) is 0.467. The average molecular weight is 262 g/mol. The summed E-state index contributed by atoms with van der Waals surface area (Å²) in [5.74, 6) is 0.348. The molecule has 4 heteroatoms. The number of carbonyl (C=O) groups is 1. The second-order valence-corrected chi connectivity index (χ2v) is 4.84. The SMILES string of the molecule is CC(C)=CCCC(C)=CCNC(=O)c1ncoc1C. The van der Waals surface area contributed by atoms with Crippen molar-refractivity contribution < 1.29 is 9.21 Å². The summed E-state index contributed by atoms with van der Waals surface area (Å²) in [7, 11) is 0. The smallest absolute Gasteiger partial charge is 0.273 e. The number of hydrogen-bond donors (Lipinski definition) is 1. The predicted molar refractivity (Wildman–Crippen MR) is 76.0 cm³/mol. The van der Waals surface area contributed by atoms with Crippen molar-refractivity contribution in [3.63, 3.8) is 0 Å². The quantitative estimate of drug-likeness (QED) is 0.799. The fourth-order valence-corrected chi connectivity index (χ4v) is 1.62. The van der Waals surface area contributed by atoms with Crippen molar-refractivity contribution in [1.82, 2.24) is 10.3 Å². The zero-order chi connectivity index (χ0) is 14.3. The van der Waals surface area contributed by atoms with Crippen molar-refractivity contribution in [3.8, 4) is 0 Å². The molecule has 1 amide bonds. The Morgan fingerprint density at radius 3 is 2.68 bits per heavy atom. The molecule has 0 bridgehead atoms. The van der Waals surface area contributed by atoms with E-state index in [1.807, 2.05) is 6.08 Å². The highest BCUT2D eigenvalue weighted by Crippen LogP contribution is 2.06. The van der Waals surface area contributed by atoms with Gasteiger partial charge in [0.15, 0.2) is 12.1 Å². The van der Waals surface area contributed by atoms with Crippen molar-refractivity contribution in [2.75, 3.05) is 6.54 Å². The maximum absolute atomic E-state index is 11.7. The van der Waals surface area contributed by atoms with E-state index in [9.17, 15) is 4.79 Å². The van der Waals surface area contributed by atoms with Crippen LogP contribution in [0.4, 0.5) is 0 Å². The van der Waals surface area contributed by atoms with Gasteiger partial charge in [0.05, 0.1) is 0 Å². The first-order valence-electron chi connectivity index (χ1n) is 6.48. The van der Waals surface area contributed by atoms with Gasteiger partial charge in [0.2, 0.25) is 0 Å². The Kier molecular flexibility index (Phi) is 6.06. The molecule has 1 aromatic rings. The van der Waals surface area contributed by atoms with Crippen LogP contribution in [-0.2, 0) is 0 Å². The van der Waals surface area contributed by atoms with E-state index < -0.39 is 0 Å². The van der Waals surface area contributed by atoms with Gasteiger partial charge >= 0.3 is 0 Å². The molecule has 1 rings (SSSR count). The lowest BCUT2D eigenvalue weighted by atomic mass is 10.1. The van der Waals surface area contributed by atoms with Gasteiger partial charge in [0.25, 0.3) is 5.91 Å². The molecule has 0 radical (unpaired) electrons. The lowest BCUT2D eigenvalue weighted by Gasteiger charge is -2.02. The summed E-state index contributed by atoms with van der Waals surface area (Å²) < 4.78 is 4.99. The van der Waals surface area contributed by atoms with Crippen LogP contribution >= 0.6 is 0 Å². The van der Waals surface area contributed by atoms with Crippen LogP contribution in [0.2, 0.25) is 0 Å². The van der Waals surface area contributed by atoms with Gasteiger partial charge in [-0.05, 0) is 40.5 Å². The predicted octanol–water partition coefficient (Wildman–Crippen LogP) is 3.41. The van der Waals surface area contributed by atoms with Crippen LogP contribution in [-0.4, -0.2) is 17.4 Å². The normalized spacial score (nSPS) is 11.3. The highest BCUT2D eigenvalue weighted by molar-refractivity contribution is 5.93. The molecule has 0 aliphatic rings. The standard InChI is InChI=1S/C15H22N2O2/c1-11(2)6-5-7-12(3)8-9-16-15(18)14-13(4)19-10-17-14/h6,8,10H,5,7,9H2,1-4H3,(H,16,18). The highest BCUT2D eigenvalue weighted by Gasteiger charge is 2.11. The van der Waals surface area contributed by atoms with Crippen LogP contribution in [0, 0.1) is 6.92 Å². The minimum atomic E-state index is -0.195. The molecule has 1 heterocycles. The number of oxazole rings is 1. The van der Waals surface area contributed by atoms with E-state index in [1.165, 1.54) is 17.5 Å². The molecule has 0 aromatic carbocycles. The summed E-state index contributed by atoms with van der Waals surface area (Å²) >= 11 is 0. The summed E-state index contributed by atoms with van der Waals surface area (Å²) in [6.07, 6.45) is 7.59. The molecule has 0 saturated carbocycles. The van der Waals surface area contributed by atoms with Crippen molar-refractivity contribution in [2.45, 2.75) is 40.5 Å². The molecule has 1 N–H and O–H groups in total. The molecule has 0 atom stereocenters. The number of aromatic nitrogens is 1. The number of rotatable bonds is 6. The molecule has 0 unspecified atom stereocenters. The van der Waals surface area contributed by atoms with Gasteiger partial charge in [0.1, 0.15) is 5.76 Å². The minimum Gasteiger partial charge on any atom is -0.448 e. The molecule has 0 saturated heterocycles. The van der Waals surface area contributed by atoms with Crippen LogP contribution in [0.5, 0.6) is 0 Å². The van der Waals surface area contributed by atoms with E-state index in [1.54, 1.807) is 6.92 Å². The van der Waals surface area contributed by atoms with E-state index in [0.717, 1.165) is 12.8 Å². The number of nitrogens with one attached hydrogen (secondary N) is 1. The number of allylic oxidation sites excluding steroid dienone is 3. The summed E-state index contributed by atoms with van der Waals surface area (Å²) in [4.78, 5) is 15.6. The van der Waals surface area contributed by atoms with E-state index in [0.29, 0.717) is 18.0 Å². The Morgan fingerprint density at radius 1 is 1.37 bits per heavy atom. The fourth-order valence-electron chi connectivity index (χ4n) is 1.62. The molecule has 104 valence electrons. The van der Waals surface area contributed by atoms with Gasteiger partial charge < -0.3 is 9.73 Å². The van der Waals surface area contributed by atoms with Crippen molar-refractivity contribution in [2.24, 2.45) is 0 Å². The Morgan fingerprint density at radius 2 is 2.11 bits per heavy atom. The lowest BCUT2D eigenvalue weighted by molar-refractivity contribution is 0.0952. The summed E-state index contributed by atoms with van der Waals surface area (Å²) in [5.41, 5.74) is 2.97. The Bertz CT molecular complexity index is 480. The van der Waals surface area contributed by atoms with Gasteiger partial charge in [-0.15, -0.1) is 0 Å². The minimum absolute atomic E-state index is 0.195. The van der Waals surface area contributed by atoms with Gasteiger partial charge in [0, 0.05) is 6.54 Å². The summed E-state index contributed by atoms with van der Waals surface area (Å²) in [6.45, 7) is 8.51. The van der Waals surface area contributed by atoms with E-state index in [4.69, 9.17) is 4.42 Å². The van der Waals surface area contributed by atoms with Crippen LogP contribution in [0.15, 0.2) is 34.1 Å². The molecule has 0 aliphatic heterocycles. The van der Waals surface area contributed by atoms with E-state index >= 15 is 0 Å². The van der Waals surface area contributed by atoms with E-state index in [2.05, 4.69) is 37.1 Å². The number of nitrogens with zero attached hydrogens (tertiary/aromatic N) is 1. The van der Waals surface area contributed by atoms with Gasteiger partial charge in [-0.25, -0.2) is 4.98 Å².